The van der Waals surface area contributed by atoms with Crippen LogP contribution in [-0.2, 0) is 6.42 Å². The van der Waals surface area contributed by atoms with Crippen molar-refractivity contribution in [2.24, 2.45) is 0 Å². The molecule has 2 aromatic heterocycles. The van der Waals surface area contributed by atoms with Crippen molar-refractivity contribution in [1.29, 1.82) is 0 Å². The summed E-state index contributed by atoms with van der Waals surface area (Å²) in [6, 6.07) is 18.4. The largest absolute Gasteiger partial charge is 0.324 e. The fourth-order valence-electron chi connectivity index (χ4n) is 3.31. The molecular weight excluding hydrogens is 348 g/mol. The maximum Gasteiger partial charge on any atom is 0.229 e. The zero-order valence-corrected chi connectivity index (χ0v) is 15.7. The van der Waals surface area contributed by atoms with Crippen LogP contribution >= 0.6 is 0 Å². The van der Waals surface area contributed by atoms with Gasteiger partial charge in [-0.05, 0) is 49.1 Å². The normalized spacial score (nSPS) is 13.6. The number of H-pyrrole nitrogens is 1. The van der Waals surface area contributed by atoms with Crippen molar-refractivity contribution in [2.75, 3.05) is 10.6 Å². The Kier molecular flexibility index (Phi) is 4.16. The Morgan fingerprint density at radius 2 is 1.82 bits per heavy atom. The smallest absolute Gasteiger partial charge is 0.229 e. The lowest BCUT2D eigenvalue weighted by atomic mass is 10.1. The van der Waals surface area contributed by atoms with E-state index in [0.29, 0.717) is 11.9 Å². The SMILES string of the molecule is CCc1ccc(Nc2nc(Nc3cc(C4CC4)[nH]n3)c3ccccc3n2)cc1. The minimum Gasteiger partial charge on any atom is -0.324 e. The summed E-state index contributed by atoms with van der Waals surface area (Å²) in [6.45, 7) is 2.15. The van der Waals surface area contributed by atoms with Crippen molar-refractivity contribution in [1.82, 2.24) is 20.2 Å². The molecular formula is C22H22N6. The van der Waals surface area contributed by atoms with Crippen molar-refractivity contribution < 1.29 is 0 Å². The molecule has 3 N–H and O–H groups in total. The standard InChI is InChI=1S/C22H22N6/c1-2-14-7-11-16(12-8-14)23-22-24-18-6-4-3-5-17(18)21(26-22)25-20-13-19(27-28-20)15-9-10-15/h3-8,11-13,15H,2,9-10H2,1H3,(H3,23,24,25,26,27,28). The Morgan fingerprint density at radius 3 is 2.61 bits per heavy atom. The Balaban J connectivity index is 1.47. The van der Waals surface area contributed by atoms with Gasteiger partial charge in [-0.2, -0.15) is 10.1 Å². The summed E-state index contributed by atoms with van der Waals surface area (Å²) in [4.78, 5) is 9.38. The molecule has 6 heteroatoms. The molecule has 1 saturated carbocycles. The molecule has 0 amide bonds. The highest BCUT2D eigenvalue weighted by atomic mass is 15.2. The third kappa shape index (κ3) is 3.41. The van der Waals surface area contributed by atoms with Gasteiger partial charge in [-0.15, -0.1) is 0 Å². The van der Waals surface area contributed by atoms with Gasteiger partial charge in [-0.1, -0.05) is 31.2 Å². The highest BCUT2D eigenvalue weighted by Crippen LogP contribution is 2.39. The van der Waals surface area contributed by atoms with Crippen LogP contribution in [0.2, 0.25) is 0 Å². The molecule has 0 aliphatic heterocycles. The number of benzene rings is 2. The second-order valence-corrected chi connectivity index (χ2v) is 7.20. The molecule has 0 spiro atoms. The molecule has 28 heavy (non-hydrogen) atoms. The van der Waals surface area contributed by atoms with Gasteiger partial charge in [0.2, 0.25) is 5.95 Å². The van der Waals surface area contributed by atoms with Crippen LogP contribution < -0.4 is 10.6 Å². The van der Waals surface area contributed by atoms with E-state index in [4.69, 9.17) is 4.98 Å². The van der Waals surface area contributed by atoms with Crippen molar-refractivity contribution in [3.05, 3.63) is 65.9 Å². The second kappa shape index (κ2) is 6.96. The Hall–Kier alpha value is -3.41. The van der Waals surface area contributed by atoms with Gasteiger partial charge in [-0.25, -0.2) is 4.98 Å². The molecule has 0 atom stereocenters. The molecule has 4 aromatic rings. The number of hydrogen-bond acceptors (Lipinski definition) is 5. The number of nitrogens with zero attached hydrogens (tertiary/aromatic N) is 3. The minimum atomic E-state index is 0.559. The van der Waals surface area contributed by atoms with Gasteiger partial charge in [-0.3, -0.25) is 5.10 Å². The molecule has 2 heterocycles. The van der Waals surface area contributed by atoms with E-state index < -0.39 is 0 Å². The number of rotatable bonds is 6. The molecule has 0 unspecified atom stereocenters. The van der Waals surface area contributed by atoms with E-state index in [9.17, 15) is 0 Å². The maximum atomic E-state index is 4.72. The highest BCUT2D eigenvalue weighted by molar-refractivity contribution is 5.91. The average Bonchev–Trinajstić information content (AvgIpc) is 3.48. The van der Waals surface area contributed by atoms with Gasteiger partial charge in [0, 0.05) is 28.8 Å². The Bertz CT molecular complexity index is 1110. The van der Waals surface area contributed by atoms with Crippen molar-refractivity contribution in [2.45, 2.75) is 32.1 Å². The van der Waals surface area contributed by atoms with Gasteiger partial charge >= 0.3 is 0 Å². The highest BCUT2D eigenvalue weighted by Gasteiger charge is 2.25. The average molecular weight is 370 g/mol. The third-order valence-corrected chi connectivity index (χ3v) is 5.08. The van der Waals surface area contributed by atoms with Crippen LogP contribution in [0.1, 0.15) is 36.9 Å². The first-order chi connectivity index (χ1) is 13.8. The molecule has 2 aromatic carbocycles. The van der Waals surface area contributed by atoms with E-state index >= 15 is 0 Å². The quantitative estimate of drug-likeness (QED) is 0.430. The molecule has 0 radical (unpaired) electrons. The van der Waals surface area contributed by atoms with Gasteiger partial charge in [0.1, 0.15) is 5.82 Å². The number of nitrogens with one attached hydrogen (secondary N) is 3. The van der Waals surface area contributed by atoms with Crippen LogP contribution in [0.15, 0.2) is 54.6 Å². The lowest BCUT2D eigenvalue weighted by molar-refractivity contribution is 0.966. The number of aromatic amines is 1. The number of hydrogen-bond donors (Lipinski definition) is 3. The first-order valence-corrected chi connectivity index (χ1v) is 9.73. The number of aromatic nitrogens is 4. The molecule has 0 bridgehead atoms. The van der Waals surface area contributed by atoms with Crippen molar-refractivity contribution in [3.63, 3.8) is 0 Å². The first kappa shape index (κ1) is 16.7. The zero-order chi connectivity index (χ0) is 18.9. The molecule has 140 valence electrons. The lowest BCUT2D eigenvalue weighted by Crippen LogP contribution is -2.02. The monoisotopic (exact) mass is 370 g/mol. The summed E-state index contributed by atoms with van der Waals surface area (Å²) in [6.07, 6.45) is 3.50. The van der Waals surface area contributed by atoms with E-state index in [-0.39, 0.29) is 0 Å². The summed E-state index contributed by atoms with van der Waals surface area (Å²) < 4.78 is 0. The van der Waals surface area contributed by atoms with Gasteiger partial charge < -0.3 is 10.6 Å². The van der Waals surface area contributed by atoms with Crippen LogP contribution in [0.5, 0.6) is 0 Å². The maximum absolute atomic E-state index is 4.72. The van der Waals surface area contributed by atoms with Crippen LogP contribution in [0, 0.1) is 0 Å². The number of fused-ring (bicyclic) bond motifs is 1. The van der Waals surface area contributed by atoms with Crippen LogP contribution in [0.4, 0.5) is 23.3 Å². The third-order valence-electron chi connectivity index (χ3n) is 5.08. The van der Waals surface area contributed by atoms with E-state index in [2.05, 4.69) is 63.1 Å². The number of para-hydroxylation sites is 1. The Morgan fingerprint density at radius 1 is 1.00 bits per heavy atom. The topological polar surface area (TPSA) is 78.5 Å². The van der Waals surface area contributed by atoms with Gasteiger partial charge in [0.25, 0.3) is 0 Å². The Labute approximate surface area is 163 Å². The molecule has 1 fully saturated rings. The second-order valence-electron chi connectivity index (χ2n) is 7.20. The number of anilines is 4. The predicted molar refractivity (Wildman–Crippen MR) is 112 cm³/mol. The van der Waals surface area contributed by atoms with E-state index in [0.717, 1.165) is 34.6 Å². The zero-order valence-electron chi connectivity index (χ0n) is 15.7. The molecule has 1 aliphatic carbocycles. The minimum absolute atomic E-state index is 0.559. The summed E-state index contributed by atoms with van der Waals surface area (Å²) in [5.41, 5.74) is 4.34. The van der Waals surface area contributed by atoms with E-state index in [1.807, 2.05) is 24.3 Å². The molecule has 6 nitrogen and oxygen atoms in total. The van der Waals surface area contributed by atoms with Crippen LogP contribution in [-0.4, -0.2) is 20.2 Å². The fraction of sp³-hybridized carbons (Fsp3) is 0.227. The summed E-state index contributed by atoms with van der Waals surface area (Å²) >= 11 is 0. The van der Waals surface area contributed by atoms with Gasteiger partial charge in [0.15, 0.2) is 5.82 Å². The van der Waals surface area contributed by atoms with Gasteiger partial charge in [0.05, 0.1) is 5.52 Å². The molecule has 1 aliphatic rings. The fourth-order valence-corrected chi connectivity index (χ4v) is 3.31. The predicted octanol–water partition coefficient (Wildman–Crippen LogP) is 5.28. The summed E-state index contributed by atoms with van der Waals surface area (Å²) in [5.74, 6) is 2.72. The van der Waals surface area contributed by atoms with E-state index in [1.54, 1.807) is 0 Å². The van der Waals surface area contributed by atoms with Crippen molar-refractivity contribution in [3.8, 4) is 0 Å². The summed E-state index contributed by atoms with van der Waals surface area (Å²) in [5, 5.41) is 15.2. The molecule has 5 rings (SSSR count). The lowest BCUT2D eigenvalue weighted by Gasteiger charge is -2.11. The summed E-state index contributed by atoms with van der Waals surface area (Å²) in [7, 11) is 0. The van der Waals surface area contributed by atoms with Crippen LogP contribution in [0.25, 0.3) is 10.9 Å². The molecule has 0 saturated heterocycles. The van der Waals surface area contributed by atoms with Crippen molar-refractivity contribution >= 4 is 34.2 Å². The number of aryl methyl sites for hydroxylation is 1. The van der Waals surface area contributed by atoms with E-state index in [1.165, 1.54) is 24.1 Å². The first-order valence-electron chi connectivity index (χ1n) is 9.73. The van der Waals surface area contributed by atoms with Crippen LogP contribution in [0.3, 0.4) is 0 Å².